The SMILES string of the molecule is Cc1ccc2cccc(OCCNC(=O)c3ccn4nnnc4c3)c2n1. The van der Waals surface area contributed by atoms with Crippen molar-refractivity contribution in [3.05, 3.63) is 59.9 Å². The minimum absolute atomic E-state index is 0.203. The third-order valence-electron chi connectivity index (χ3n) is 3.93. The normalized spacial score (nSPS) is 11.0. The van der Waals surface area contributed by atoms with Crippen LogP contribution in [0.2, 0.25) is 0 Å². The zero-order valence-corrected chi connectivity index (χ0v) is 14.1. The molecule has 0 saturated carbocycles. The Morgan fingerprint density at radius 3 is 3.08 bits per heavy atom. The summed E-state index contributed by atoms with van der Waals surface area (Å²) in [6, 6.07) is 13.1. The first-order chi connectivity index (χ1) is 12.7. The van der Waals surface area contributed by atoms with Gasteiger partial charge in [0, 0.05) is 22.8 Å². The Balaban J connectivity index is 1.38. The second-order valence-electron chi connectivity index (χ2n) is 5.78. The molecule has 1 amide bonds. The molecule has 0 atom stereocenters. The van der Waals surface area contributed by atoms with Gasteiger partial charge in [0.25, 0.3) is 5.91 Å². The molecule has 0 fully saturated rings. The summed E-state index contributed by atoms with van der Waals surface area (Å²) < 4.78 is 7.30. The van der Waals surface area contributed by atoms with E-state index in [1.165, 1.54) is 4.52 Å². The van der Waals surface area contributed by atoms with E-state index in [1.54, 1.807) is 18.3 Å². The Morgan fingerprint density at radius 1 is 1.23 bits per heavy atom. The van der Waals surface area contributed by atoms with Crippen molar-refractivity contribution >= 4 is 22.5 Å². The lowest BCUT2D eigenvalue weighted by Crippen LogP contribution is -2.28. The van der Waals surface area contributed by atoms with Gasteiger partial charge in [0.2, 0.25) is 0 Å². The van der Waals surface area contributed by atoms with Crippen molar-refractivity contribution in [2.24, 2.45) is 0 Å². The molecule has 4 aromatic rings. The molecule has 0 radical (unpaired) electrons. The third-order valence-corrected chi connectivity index (χ3v) is 3.93. The number of benzene rings is 1. The van der Waals surface area contributed by atoms with Crippen LogP contribution in [0.1, 0.15) is 16.1 Å². The number of carbonyl (C=O) groups excluding carboxylic acids is 1. The number of nitrogens with zero attached hydrogens (tertiary/aromatic N) is 5. The first-order valence-electron chi connectivity index (χ1n) is 8.16. The number of hydrogen-bond acceptors (Lipinski definition) is 6. The maximum Gasteiger partial charge on any atom is 0.251 e. The highest BCUT2D eigenvalue weighted by Gasteiger charge is 2.08. The number of aryl methyl sites for hydroxylation is 1. The van der Waals surface area contributed by atoms with Crippen LogP contribution in [-0.2, 0) is 0 Å². The highest BCUT2D eigenvalue weighted by atomic mass is 16.5. The molecule has 1 N–H and O–H groups in total. The summed E-state index contributed by atoms with van der Waals surface area (Å²) in [6.07, 6.45) is 1.64. The fourth-order valence-electron chi connectivity index (χ4n) is 2.64. The Bertz CT molecular complexity index is 1090. The topological polar surface area (TPSA) is 94.3 Å². The van der Waals surface area contributed by atoms with Crippen LogP contribution >= 0.6 is 0 Å². The molecule has 0 unspecified atom stereocenters. The fourth-order valence-corrected chi connectivity index (χ4v) is 2.64. The molecular weight excluding hydrogens is 332 g/mol. The van der Waals surface area contributed by atoms with Gasteiger partial charge < -0.3 is 10.1 Å². The van der Waals surface area contributed by atoms with Crippen LogP contribution in [0.3, 0.4) is 0 Å². The first-order valence-corrected chi connectivity index (χ1v) is 8.16. The van der Waals surface area contributed by atoms with Crippen molar-refractivity contribution in [2.45, 2.75) is 6.92 Å². The van der Waals surface area contributed by atoms with Gasteiger partial charge in [0.05, 0.1) is 6.54 Å². The van der Waals surface area contributed by atoms with Crippen LogP contribution in [0.4, 0.5) is 0 Å². The van der Waals surface area contributed by atoms with Crippen molar-refractivity contribution in [2.75, 3.05) is 13.2 Å². The molecule has 8 nitrogen and oxygen atoms in total. The van der Waals surface area contributed by atoms with Crippen molar-refractivity contribution in [3.63, 3.8) is 0 Å². The van der Waals surface area contributed by atoms with Gasteiger partial charge in [-0.15, -0.1) is 5.10 Å². The number of tetrazole rings is 1. The highest BCUT2D eigenvalue weighted by molar-refractivity contribution is 5.94. The van der Waals surface area contributed by atoms with Gasteiger partial charge in [0.15, 0.2) is 5.65 Å². The van der Waals surface area contributed by atoms with E-state index in [1.807, 2.05) is 37.3 Å². The van der Waals surface area contributed by atoms with E-state index in [0.29, 0.717) is 30.1 Å². The second-order valence-corrected chi connectivity index (χ2v) is 5.78. The fraction of sp³-hybridized carbons (Fsp3) is 0.167. The number of hydrogen-bond donors (Lipinski definition) is 1. The van der Waals surface area contributed by atoms with E-state index in [0.717, 1.165) is 16.6 Å². The summed E-state index contributed by atoms with van der Waals surface area (Å²) in [6.45, 7) is 2.66. The Kier molecular flexibility index (Phi) is 4.14. The molecule has 1 aromatic carbocycles. The third kappa shape index (κ3) is 3.16. The number of para-hydroxylation sites is 1. The van der Waals surface area contributed by atoms with Crippen molar-refractivity contribution < 1.29 is 9.53 Å². The van der Waals surface area contributed by atoms with Crippen LogP contribution in [0.15, 0.2) is 48.7 Å². The van der Waals surface area contributed by atoms with E-state index in [4.69, 9.17) is 4.74 Å². The Hall–Kier alpha value is -3.55. The number of pyridine rings is 2. The number of carbonyl (C=O) groups is 1. The van der Waals surface area contributed by atoms with Crippen LogP contribution < -0.4 is 10.1 Å². The lowest BCUT2D eigenvalue weighted by molar-refractivity contribution is 0.0947. The quantitative estimate of drug-likeness (QED) is 0.553. The molecular formula is C18H16N6O2. The number of ether oxygens (including phenoxy) is 1. The predicted octanol–water partition coefficient (Wildman–Crippen LogP) is 1.79. The maximum absolute atomic E-state index is 12.2. The van der Waals surface area contributed by atoms with E-state index < -0.39 is 0 Å². The van der Waals surface area contributed by atoms with Crippen molar-refractivity contribution in [1.29, 1.82) is 0 Å². The minimum Gasteiger partial charge on any atom is -0.489 e. The van der Waals surface area contributed by atoms with Crippen molar-refractivity contribution in [1.82, 2.24) is 30.3 Å². The smallest absolute Gasteiger partial charge is 0.251 e. The van der Waals surface area contributed by atoms with Gasteiger partial charge in [-0.05, 0) is 41.6 Å². The molecule has 0 saturated heterocycles. The molecule has 8 heteroatoms. The van der Waals surface area contributed by atoms with Gasteiger partial charge >= 0.3 is 0 Å². The number of aromatic nitrogens is 5. The molecule has 0 aliphatic heterocycles. The lowest BCUT2D eigenvalue weighted by Gasteiger charge is -2.10. The number of nitrogens with one attached hydrogen (secondary N) is 1. The average molecular weight is 348 g/mol. The molecule has 0 spiro atoms. The summed E-state index contributed by atoms with van der Waals surface area (Å²) >= 11 is 0. The summed E-state index contributed by atoms with van der Waals surface area (Å²) in [5, 5.41) is 15.0. The van der Waals surface area contributed by atoms with Gasteiger partial charge in [-0.3, -0.25) is 4.79 Å². The van der Waals surface area contributed by atoms with Crippen LogP contribution in [0, 0.1) is 6.92 Å². The zero-order chi connectivity index (χ0) is 17.9. The van der Waals surface area contributed by atoms with Gasteiger partial charge in [-0.2, -0.15) is 0 Å². The summed E-state index contributed by atoms with van der Waals surface area (Å²) in [5.41, 5.74) is 2.77. The monoisotopic (exact) mass is 348 g/mol. The van der Waals surface area contributed by atoms with Crippen LogP contribution in [-0.4, -0.2) is 44.1 Å². The minimum atomic E-state index is -0.203. The Labute approximate surface area is 148 Å². The van der Waals surface area contributed by atoms with E-state index in [2.05, 4.69) is 25.8 Å². The Morgan fingerprint density at radius 2 is 2.15 bits per heavy atom. The zero-order valence-electron chi connectivity index (χ0n) is 14.1. The summed E-state index contributed by atoms with van der Waals surface area (Å²) in [7, 11) is 0. The molecule has 26 heavy (non-hydrogen) atoms. The molecule has 3 heterocycles. The predicted molar refractivity (Wildman–Crippen MR) is 95.1 cm³/mol. The molecule has 4 rings (SSSR count). The summed E-state index contributed by atoms with van der Waals surface area (Å²) in [5.74, 6) is 0.502. The standard InChI is InChI=1S/C18H16N6O2/c1-12-5-6-13-3-2-4-15(17(13)20-12)26-10-8-19-18(25)14-7-9-24-16(11-14)21-22-23-24/h2-7,9,11H,8,10H2,1H3,(H,19,25). The summed E-state index contributed by atoms with van der Waals surface area (Å²) in [4.78, 5) is 16.7. The van der Waals surface area contributed by atoms with Gasteiger partial charge in [-0.25, -0.2) is 9.50 Å². The van der Waals surface area contributed by atoms with E-state index >= 15 is 0 Å². The van der Waals surface area contributed by atoms with E-state index in [9.17, 15) is 4.79 Å². The molecule has 3 aromatic heterocycles. The molecule has 0 bridgehead atoms. The number of fused-ring (bicyclic) bond motifs is 2. The van der Waals surface area contributed by atoms with Gasteiger partial charge in [-0.1, -0.05) is 18.2 Å². The lowest BCUT2D eigenvalue weighted by atomic mass is 10.2. The van der Waals surface area contributed by atoms with Gasteiger partial charge in [0.1, 0.15) is 17.9 Å². The second kappa shape index (κ2) is 6.75. The highest BCUT2D eigenvalue weighted by Crippen LogP contribution is 2.23. The van der Waals surface area contributed by atoms with E-state index in [-0.39, 0.29) is 5.91 Å². The van der Waals surface area contributed by atoms with Crippen molar-refractivity contribution in [3.8, 4) is 5.75 Å². The number of rotatable bonds is 5. The number of amides is 1. The van der Waals surface area contributed by atoms with Crippen LogP contribution in [0.5, 0.6) is 5.75 Å². The van der Waals surface area contributed by atoms with Crippen LogP contribution in [0.25, 0.3) is 16.6 Å². The molecule has 0 aliphatic carbocycles. The molecule has 0 aliphatic rings. The maximum atomic E-state index is 12.2. The average Bonchev–Trinajstić information content (AvgIpc) is 3.13. The first kappa shape index (κ1) is 15.9. The largest absolute Gasteiger partial charge is 0.489 e. The molecule has 130 valence electrons.